The molecular formula is C53H88O7. The van der Waals surface area contributed by atoms with E-state index in [1.54, 1.807) is 6.07 Å². The van der Waals surface area contributed by atoms with Gasteiger partial charge in [0.15, 0.2) is 6.29 Å². The molecule has 1 atom stereocenters. The van der Waals surface area contributed by atoms with Gasteiger partial charge in [0, 0.05) is 30.4 Å². The fourth-order valence-corrected chi connectivity index (χ4v) is 7.65. The van der Waals surface area contributed by atoms with E-state index in [0.29, 0.717) is 48.8 Å². The van der Waals surface area contributed by atoms with Gasteiger partial charge in [0.1, 0.15) is 24.2 Å². The molecule has 1 unspecified atom stereocenters. The smallest absolute Gasteiger partial charge is 0.306 e. The molecule has 0 saturated heterocycles. The first-order valence-electron chi connectivity index (χ1n) is 24.3. The largest absolute Gasteiger partial charge is 0.507 e. The van der Waals surface area contributed by atoms with Crippen LogP contribution < -0.4 is 4.74 Å². The summed E-state index contributed by atoms with van der Waals surface area (Å²) in [5, 5.41) is 11.2. The predicted molar refractivity (Wildman–Crippen MR) is 251 cm³/mol. The molecule has 0 radical (unpaired) electrons. The van der Waals surface area contributed by atoms with Crippen LogP contribution in [0.15, 0.2) is 41.5 Å². The quantitative estimate of drug-likeness (QED) is 0.0305. The molecule has 0 spiro atoms. The normalized spacial score (nSPS) is 12.1. The maximum Gasteiger partial charge on any atom is 0.306 e. The van der Waals surface area contributed by atoms with E-state index in [1.807, 2.05) is 32.9 Å². The highest BCUT2D eigenvalue weighted by Crippen LogP contribution is 2.35. The lowest BCUT2D eigenvalue weighted by Gasteiger charge is -2.17. The molecule has 1 rings (SSSR count). The van der Waals surface area contributed by atoms with Crippen molar-refractivity contribution in [2.45, 2.75) is 240 Å². The third kappa shape index (κ3) is 28.2. The lowest BCUT2D eigenvalue weighted by atomic mass is 9.98. The Kier molecular flexibility index (Phi) is 34.1. The molecule has 0 heterocycles. The molecular weight excluding hydrogens is 749 g/mol. The molecule has 1 aromatic carbocycles. The third-order valence-corrected chi connectivity index (χ3v) is 11.3. The minimum absolute atomic E-state index is 0.0950. The number of carbonyl (C=O) groups is 3. The van der Waals surface area contributed by atoms with Gasteiger partial charge in [-0.1, -0.05) is 172 Å². The molecule has 0 aliphatic rings. The van der Waals surface area contributed by atoms with Crippen LogP contribution in [0.2, 0.25) is 0 Å². The number of aldehydes is 1. The number of esters is 2. The Hall–Kier alpha value is -3.35. The highest BCUT2D eigenvalue weighted by atomic mass is 16.5. The van der Waals surface area contributed by atoms with Gasteiger partial charge in [-0.05, 0) is 77.9 Å². The Balaban J connectivity index is 2.50. The second-order valence-corrected chi connectivity index (χ2v) is 17.3. The molecule has 7 heteroatoms. The van der Waals surface area contributed by atoms with Gasteiger partial charge in [0.05, 0.1) is 12.7 Å². The number of methoxy groups -OCH3 is 1. The summed E-state index contributed by atoms with van der Waals surface area (Å²) in [6.45, 7) is 10.4. The van der Waals surface area contributed by atoms with Crippen molar-refractivity contribution in [3.05, 3.63) is 58.2 Å². The van der Waals surface area contributed by atoms with Gasteiger partial charge in [0.25, 0.3) is 0 Å². The van der Waals surface area contributed by atoms with Crippen molar-refractivity contribution in [3.8, 4) is 11.5 Å². The molecule has 7 nitrogen and oxygen atoms in total. The van der Waals surface area contributed by atoms with E-state index in [2.05, 4.69) is 26.0 Å². The zero-order valence-corrected chi connectivity index (χ0v) is 39.4. The maximum absolute atomic E-state index is 12.8. The van der Waals surface area contributed by atoms with Crippen LogP contribution in [-0.2, 0) is 32.1 Å². The highest BCUT2D eigenvalue weighted by Gasteiger charge is 2.19. The van der Waals surface area contributed by atoms with E-state index in [9.17, 15) is 19.5 Å². The monoisotopic (exact) mass is 837 g/mol. The first-order chi connectivity index (χ1) is 29.2. The van der Waals surface area contributed by atoms with Gasteiger partial charge in [-0.3, -0.25) is 14.4 Å². The number of hydrogen-bond acceptors (Lipinski definition) is 7. The van der Waals surface area contributed by atoms with Crippen LogP contribution in [0, 0.1) is 0 Å². The number of benzene rings is 1. The van der Waals surface area contributed by atoms with Gasteiger partial charge in [-0.25, -0.2) is 0 Å². The summed E-state index contributed by atoms with van der Waals surface area (Å²) in [5.74, 6) is -0.256. The van der Waals surface area contributed by atoms with E-state index in [4.69, 9.17) is 14.2 Å². The Morgan fingerprint density at radius 2 is 1.13 bits per heavy atom. The number of unbranched alkanes of at least 4 members (excludes halogenated alkanes) is 23. The molecule has 1 N–H and O–H groups in total. The van der Waals surface area contributed by atoms with Crippen LogP contribution >= 0.6 is 0 Å². The Bertz CT molecular complexity index is 1370. The molecule has 0 bridgehead atoms. The van der Waals surface area contributed by atoms with E-state index in [-0.39, 0.29) is 36.0 Å². The second kappa shape index (κ2) is 37.4. The van der Waals surface area contributed by atoms with E-state index in [1.165, 1.54) is 129 Å². The SMILES string of the molecule is CCCCCCCC/C=C\CCCCCCCC(=O)OC(C=C(C)C)C/C(C)=C/Cc1c(OC)cc(COC(=O)CCCCCCCCCCCCCCC)c(C=O)c1O. The predicted octanol–water partition coefficient (Wildman–Crippen LogP) is 15.5. The average Bonchev–Trinajstić information content (AvgIpc) is 3.22. The zero-order valence-electron chi connectivity index (χ0n) is 39.4. The summed E-state index contributed by atoms with van der Waals surface area (Å²) in [5.41, 5.74) is 3.02. The van der Waals surface area contributed by atoms with Crippen molar-refractivity contribution >= 4 is 18.2 Å². The van der Waals surface area contributed by atoms with Gasteiger partial charge in [-0.15, -0.1) is 0 Å². The van der Waals surface area contributed by atoms with Gasteiger partial charge in [0.2, 0.25) is 0 Å². The number of rotatable bonds is 39. The minimum atomic E-state index is -0.389. The second-order valence-electron chi connectivity index (χ2n) is 17.3. The molecule has 60 heavy (non-hydrogen) atoms. The van der Waals surface area contributed by atoms with Crippen LogP contribution in [0.1, 0.15) is 242 Å². The van der Waals surface area contributed by atoms with Gasteiger partial charge < -0.3 is 19.3 Å². The number of phenolic OH excluding ortho intramolecular Hbond substituents is 1. The molecule has 0 aromatic heterocycles. The molecule has 0 aliphatic heterocycles. The van der Waals surface area contributed by atoms with Crippen molar-refractivity contribution in [1.82, 2.24) is 0 Å². The summed E-state index contributed by atoms with van der Waals surface area (Å²) in [6, 6.07) is 1.67. The Labute approximate surface area is 367 Å². The molecule has 0 fully saturated rings. The maximum atomic E-state index is 12.8. The van der Waals surface area contributed by atoms with Crippen LogP contribution in [0.25, 0.3) is 0 Å². The first-order valence-corrected chi connectivity index (χ1v) is 24.3. The lowest BCUT2D eigenvalue weighted by Crippen LogP contribution is -2.17. The summed E-state index contributed by atoms with van der Waals surface area (Å²) < 4.78 is 17.1. The number of allylic oxidation sites excluding steroid dienone is 4. The fraction of sp³-hybridized carbons (Fsp3) is 0.717. The van der Waals surface area contributed by atoms with Crippen molar-refractivity contribution < 1.29 is 33.7 Å². The van der Waals surface area contributed by atoms with Crippen LogP contribution in [0.3, 0.4) is 0 Å². The van der Waals surface area contributed by atoms with Crippen LogP contribution in [-0.4, -0.2) is 36.5 Å². The number of carbonyl (C=O) groups excluding carboxylic acids is 3. The summed E-state index contributed by atoms with van der Waals surface area (Å²) in [6.07, 6.45) is 42.3. The summed E-state index contributed by atoms with van der Waals surface area (Å²) in [4.78, 5) is 37.5. The van der Waals surface area contributed by atoms with Crippen molar-refractivity contribution in [3.63, 3.8) is 0 Å². The minimum Gasteiger partial charge on any atom is -0.507 e. The molecule has 342 valence electrons. The van der Waals surface area contributed by atoms with E-state index in [0.717, 1.165) is 56.1 Å². The van der Waals surface area contributed by atoms with Crippen LogP contribution in [0.4, 0.5) is 0 Å². The summed E-state index contributed by atoms with van der Waals surface area (Å²) >= 11 is 0. The Morgan fingerprint density at radius 1 is 0.667 bits per heavy atom. The first kappa shape index (κ1) is 54.7. The number of aromatic hydroxyl groups is 1. The zero-order chi connectivity index (χ0) is 44.1. The summed E-state index contributed by atoms with van der Waals surface area (Å²) in [7, 11) is 1.51. The number of phenols is 1. The number of hydrogen-bond donors (Lipinski definition) is 1. The fourth-order valence-electron chi connectivity index (χ4n) is 7.65. The average molecular weight is 837 g/mol. The van der Waals surface area contributed by atoms with E-state index >= 15 is 0 Å². The van der Waals surface area contributed by atoms with Gasteiger partial charge >= 0.3 is 11.9 Å². The van der Waals surface area contributed by atoms with E-state index < -0.39 is 0 Å². The number of ether oxygens (including phenoxy) is 3. The molecule has 0 amide bonds. The Morgan fingerprint density at radius 3 is 1.60 bits per heavy atom. The van der Waals surface area contributed by atoms with Crippen LogP contribution in [0.5, 0.6) is 11.5 Å². The molecule has 1 aromatic rings. The topological polar surface area (TPSA) is 99.1 Å². The lowest BCUT2D eigenvalue weighted by molar-refractivity contribution is -0.147. The molecule has 0 saturated carbocycles. The third-order valence-electron chi connectivity index (χ3n) is 11.3. The molecule has 0 aliphatic carbocycles. The standard InChI is InChI=1S/C53H88O7/c1-7-9-11-13-15-17-19-21-22-24-26-28-30-32-34-36-52(56)60-47(39-44(3)4)40-45(5)37-38-48-50(58-6)41-46(49(42-54)53(48)57)43-59-51(55)35-33-31-29-27-25-23-20-18-16-14-12-10-8-2/h21-22,37,39,41-42,47,57H,7-20,23-36,38,40,43H2,1-6H3/b22-21-,45-37+. The van der Waals surface area contributed by atoms with Gasteiger partial charge in [-0.2, -0.15) is 0 Å². The van der Waals surface area contributed by atoms with Crippen molar-refractivity contribution in [1.29, 1.82) is 0 Å². The highest BCUT2D eigenvalue weighted by molar-refractivity contribution is 5.84. The van der Waals surface area contributed by atoms with Crippen molar-refractivity contribution in [2.75, 3.05) is 7.11 Å². The van der Waals surface area contributed by atoms with Crippen molar-refractivity contribution in [2.24, 2.45) is 0 Å².